The lowest BCUT2D eigenvalue weighted by atomic mass is 9.94. The molecule has 2 aromatic heterocycles. The number of hydrogen-bond acceptors (Lipinski definition) is 7. The highest BCUT2D eigenvalue weighted by Crippen LogP contribution is 2.37. The number of carbonyl (C=O) groups is 1. The minimum Gasteiger partial charge on any atom is -0.400 e. The summed E-state index contributed by atoms with van der Waals surface area (Å²) in [4.78, 5) is 19.7. The second kappa shape index (κ2) is 10.7. The van der Waals surface area contributed by atoms with Gasteiger partial charge in [-0.25, -0.2) is 4.98 Å². The topological polar surface area (TPSA) is 116 Å². The number of hydrogen-bond donors (Lipinski definition) is 4. The molecule has 0 saturated carbocycles. The Balaban J connectivity index is 0.00000130. The van der Waals surface area contributed by atoms with Crippen molar-refractivity contribution >= 4 is 23.1 Å². The Morgan fingerprint density at radius 2 is 1.92 bits per heavy atom. The molecule has 1 aromatic carbocycles. The van der Waals surface area contributed by atoms with Gasteiger partial charge in [0.05, 0.1) is 42.0 Å². The Hall–Kier alpha value is -3.43. The molecule has 3 aliphatic rings. The maximum atomic E-state index is 12.8. The summed E-state index contributed by atoms with van der Waals surface area (Å²) in [5.41, 5.74) is 6.99. The Kier molecular flexibility index (Phi) is 7.20. The van der Waals surface area contributed by atoms with Crippen molar-refractivity contribution < 1.29 is 15.0 Å². The molecule has 1 fully saturated rings. The van der Waals surface area contributed by atoms with Crippen LogP contribution in [0.5, 0.6) is 0 Å². The van der Waals surface area contributed by atoms with Crippen LogP contribution in [0.1, 0.15) is 53.7 Å². The van der Waals surface area contributed by atoms with E-state index in [9.17, 15) is 9.90 Å². The Bertz CT molecular complexity index is 1220. The zero-order chi connectivity index (χ0) is 25.1. The number of nitrogens with one attached hydrogen (secondary N) is 2. The van der Waals surface area contributed by atoms with Crippen LogP contribution in [0, 0.1) is 0 Å². The maximum absolute atomic E-state index is 12.8. The van der Waals surface area contributed by atoms with Crippen LogP contribution in [0.15, 0.2) is 36.7 Å². The van der Waals surface area contributed by atoms with Gasteiger partial charge in [0.1, 0.15) is 5.82 Å². The third-order valence-corrected chi connectivity index (χ3v) is 7.42. The number of carbonyl (C=O) groups excluding carboxylic acids is 1. The summed E-state index contributed by atoms with van der Waals surface area (Å²) >= 11 is 0. The maximum Gasteiger partial charge on any atom is 0.254 e. The van der Waals surface area contributed by atoms with Gasteiger partial charge in [0.2, 0.25) is 0 Å². The van der Waals surface area contributed by atoms with Crippen molar-refractivity contribution in [3.63, 3.8) is 0 Å². The van der Waals surface area contributed by atoms with Crippen molar-refractivity contribution in [2.75, 3.05) is 30.5 Å². The zero-order valence-electron chi connectivity index (χ0n) is 20.7. The van der Waals surface area contributed by atoms with E-state index in [0.29, 0.717) is 17.9 Å². The van der Waals surface area contributed by atoms with Gasteiger partial charge in [0.25, 0.3) is 5.91 Å². The number of pyridine rings is 1. The molecule has 9 nitrogen and oxygen atoms in total. The van der Waals surface area contributed by atoms with Crippen LogP contribution in [0.3, 0.4) is 0 Å². The number of nitrogens with zero attached hydrogens (tertiary/aromatic N) is 4. The normalized spacial score (nSPS) is 18.6. The Morgan fingerprint density at radius 1 is 1.06 bits per heavy atom. The van der Waals surface area contributed by atoms with E-state index in [1.807, 2.05) is 30.6 Å². The van der Waals surface area contributed by atoms with Crippen molar-refractivity contribution in [1.29, 1.82) is 0 Å². The van der Waals surface area contributed by atoms with E-state index in [4.69, 9.17) is 5.11 Å². The number of rotatable bonds is 5. The molecule has 1 amide bonds. The van der Waals surface area contributed by atoms with Crippen LogP contribution in [0.2, 0.25) is 0 Å². The standard InChI is InChI=1S/C26H30N6O2.CH4O/c33-16-18-5-1-3-11-31(18)17-7-10-24(27-13-17)30-22-9-8-19(21-14-28-26(34)25(21)22)20-15-29-32-12-4-2-6-23(20)32;1-2/h7-10,13,15,18,33H,1-6,11-12,14,16H2,(H,27,30)(H,28,34);2H,1H3. The monoisotopic (exact) mass is 490 g/mol. The van der Waals surface area contributed by atoms with Crippen molar-refractivity contribution in [1.82, 2.24) is 20.1 Å². The zero-order valence-corrected chi connectivity index (χ0v) is 20.7. The van der Waals surface area contributed by atoms with Crippen LogP contribution < -0.4 is 15.5 Å². The summed E-state index contributed by atoms with van der Waals surface area (Å²) in [5.74, 6) is 0.634. The summed E-state index contributed by atoms with van der Waals surface area (Å²) < 4.78 is 2.11. The third-order valence-electron chi connectivity index (χ3n) is 7.42. The first kappa shape index (κ1) is 24.3. The second-order valence-corrected chi connectivity index (χ2v) is 9.43. The molecule has 1 atom stereocenters. The SMILES string of the molecule is CO.O=C1NCc2c(-c3cnn4c3CCCC4)ccc(Nc3ccc(N4CCCCC4CO)cn3)c21. The summed E-state index contributed by atoms with van der Waals surface area (Å²) in [7, 11) is 1.00. The molecular weight excluding hydrogens is 456 g/mol. The Morgan fingerprint density at radius 3 is 2.72 bits per heavy atom. The van der Waals surface area contributed by atoms with Crippen molar-refractivity contribution in [2.45, 2.75) is 57.7 Å². The average Bonchev–Trinajstić information content (AvgIpc) is 3.55. The Labute approximate surface area is 211 Å². The minimum absolute atomic E-state index is 0.0592. The number of aliphatic hydroxyl groups is 2. The lowest BCUT2D eigenvalue weighted by Gasteiger charge is -2.36. The lowest BCUT2D eigenvalue weighted by molar-refractivity contribution is 0.0966. The molecule has 5 heterocycles. The van der Waals surface area contributed by atoms with Crippen LogP contribution in [0.4, 0.5) is 17.2 Å². The van der Waals surface area contributed by atoms with Crippen molar-refractivity contribution in [2.24, 2.45) is 0 Å². The molecule has 0 spiro atoms. The largest absolute Gasteiger partial charge is 0.400 e. The molecule has 1 saturated heterocycles. The van der Waals surface area contributed by atoms with Gasteiger partial charge in [-0.05, 0) is 67.9 Å². The molecular formula is C27H34N6O3. The van der Waals surface area contributed by atoms with E-state index in [-0.39, 0.29) is 18.6 Å². The molecule has 36 heavy (non-hydrogen) atoms. The predicted octanol–water partition coefficient (Wildman–Crippen LogP) is 3.23. The highest BCUT2D eigenvalue weighted by Gasteiger charge is 2.28. The first-order valence-corrected chi connectivity index (χ1v) is 12.8. The second-order valence-electron chi connectivity index (χ2n) is 9.43. The van der Waals surface area contributed by atoms with Gasteiger partial charge in [0, 0.05) is 38.0 Å². The highest BCUT2D eigenvalue weighted by molar-refractivity contribution is 6.06. The highest BCUT2D eigenvalue weighted by atomic mass is 16.3. The van der Waals surface area contributed by atoms with E-state index in [0.717, 1.165) is 73.9 Å². The molecule has 1 unspecified atom stereocenters. The molecule has 9 heteroatoms. The quantitative estimate of drug-likeness (QED) is 0.434. The predicted molar refractivity (Wildman–Crippen MR) is 140 cm³/mol. The molecule has 3 aliphatic heterocycles. The number of aryl methyl sites for hydroxylation is 1. The average molecular weight is 491 g/mol. The molecule has 4 N–H and O–H groups in total. The van der Waals surface area contributed by atoms with E-state index in [1.54, 1.807) is 0 Å². The van der Waals surface area contributed by atoms with E-state index >= 15 is 0 Å². The van der Waals surface area contributed by atoms with Crippen LogP contribution in [0.25, 0.3) is 11.1 Å². The lowest BCUT2D eigenvalue weighted by Crippen LogP contribution is -2.41. The minimum atomic E-state index is -0.0592. The van der Waals surface area contributed by atoms with Gasteiger partial charge in [-0.3, -0.25) is 9.48 Å². The molecule has 0 radical (unpaired) electrons. The van der Waals surface area contributed by atoms with Gasteiger partial charge in [-0.15, -0.1) is 0 Å². The number of aliphatic hydroxyl groups excluding tert-OH is 2. The fourth-order valence-corrected chi connectivity index (χ4v) is 5.65. The van der Waals surface area contributed by atoms with Gasteiger partial charge in [-0.2, -0.15) is 5.10 Å². The summed E-state index contributed by atoms with van der Waals surface area (Å²) in [6, 6.07) is 8.22. The fourth-order valence-electron chi connectivity index (χ4n) is 5.65. The number of fused-ring (bicyclic) bond motifs is 2. The van der Waals surface area contributed by atoms with Crippen LogP contribution >= 0.6 is 0 Å². The third kappa shape index (κ3) is 4.44. The first-order chi connectivity index (χ1) is 17.7. The number of amides is 1. The van der Waals surface area contributed by atoms with Crippen LogP contribution in [-0.4, -0.2) is 57.2 Å². The van der Waals surface area contributed by atoms with E-state index in [1.165, 1.54) is 18.5 Å². The van der Waals surface area contributed by atoms with Gasteiger partial charge in [-0.1, -0.05) is 6.07 Å². The molecule has 3 aromatic rings. The number of anilines is 3. The molecule has 6 rings (SSSR count). The molecule has 0 bridgehead atoms. The summed E-state index contributed by atoms with van der Waals surface area (Å²) in [6.07, 6.45) is 10.5. The fraction of sp³-hybridized carbons (Fsp3) is 0.444. The molecule has 0 aliphatic carbocycles. The summed E-state index contributed by atoms with van der Waals surface area (Å²) in [6.45, 7) is 2.58. The van der Waals surface area contributed by atoms with Gasteiger partial charge < -0.3 is 25.7 Å². The van der Waals surface area contributed by atoms with E-state index < -0.39 is 0 Å². The van der Waals surface area contributed by atoms with Crippen molar-refractivity contribution in [3.8, 4) is 11.1 Å². The van der Waals surface area contributed by atoms with Crippen molar-refractivity contribution in [3.05, 3.63) is 53.5 Å². The van der Waals surface area contributed by atoms with Crippen LogP contribution in [-0.2, 0) is 19.5 Å². The first-order valence-electron chi connectivity index (χ1n) is 12.8. The molecule has 190 valence electrons. The number of aromatic nitrogens is 3. The van der Waals surface area contributed by atoms with Gasteiger partial charge >= 0.3 is 0 Å². The smallest absolute Gasteiger partial charge is 0.254 e. The number of piperidine rings is 1. The van der Waals surface area contributed by atoms with Gasteiger partial charge in [0.15, 0.2) is 0 Å². The van der Waals surface area contributed by atoms with E-state index in [2.05, 4.69) is 36.4 Å². The summed E-state index contributed by atoms with van der Waals surface area (Å²) in [5, 5.41) is 27.7. The number of benzene rings is 1.